The van der Waals surface area contributed by atoms with Crippen molar-refractivity contribution in [2.75, 3.05) is 33.4 Å². The van der Waals surface area contributed by atoms with Gasteiger partial charge in [-0.25, -0.2) is 0 Å². The Hall–Kier alpha value is -1.26. The standard InChI is InChI=1S/C17H28N2O2/c1-16(2)13-19(17(3,4)12-18-16)10-11-21-15-9-7-6-8-14(15)20-5/h6-9,18H,10-13H2,1-5H3. The number of ether oxygens (including phenoxy) is 2. The zero-order valence-electron chi connectivity index (χ0n) is 13.9. The molecule has 118 valence electrons. The predicted molar refractivity (Wildman–Crippen MR) is 86.2 cm³/mol. The van der Waals surface area contributed by atoms with Gasteiger partial charge < -0.3 is 14.8 Å². The van der Waals surface area contributed by atoms with Gasteiger partial charge in [-0.1, -0.05) is 12.1 Å². The van der Waals surface area contributed by atoms with Crippen molar-refractivity contribution in [1.82, 2.24) is 10.2 Å². The molecule has 1 aromatic carbocycles. The maximum Gasteiger partial charge on any atom is 0.161 e. The van der Waals surface area contributed by atoms with Gasteiger partial charge in [-0.05, 0) is 39.8 Å². The number of hydrogen-bond donors (Lipinski definition) is 1. The van der Waals surface area contributed by atoms with E-state index in [0.29, 0.717) is 6.61 Å². The topological polar surface area (TPSA) is 33.7 Å². The van der Waals surface area contributed by atoms with Crippen LogP contribution in [0.5, 0.6) is 11.5 Å². The van der Waals surface area contributed by atoms with E-state index in [4.69, 9.17) is 9.47 Å². The van der Waals surface area contributed by atoms with Crippen LogP contribution in [0.1, 0.15) is 27.7 Å². The second-order valence-corrected chi connectivity index (χ2v) is 6.97. The van der Waals surface area contributed by atoms with E-state index in [1.165, 1.54) is 0 Å². The van der Waals surface area contributed by atoms with Gasteiger partial charge in [0.05, 0.1) is 7.11 Å². The molecule has 1 saturated heterocycles. The third-order valence-corrected chi connectivity index (χ3v) is 4.13. The summed E-state index contributed by atoms with van der Waals surface area (Å²) < 4.78 is 11.2. The molecule has 1 N–H and O–H groups in total. The highest BCUT2D eigenvalue weighted by Crippen LogP contribution is 2.26. The molecule has 0 amide bonds. The van der Waals surface area contributed by atoms with Crippen LogP contribution >= 0.6 is 0 Å². The summed E-state index contributed by atoms with van der Waals surface area (Å²) in [5.41, 5.74) is 0.305. The van der Waals surface area contributed by atoms with Gasteiger partial charge in [0.15, 0.2) is 11.5 Å². The first-order valence-electron chi connectivity index (χ1n) is 7.60. The highest BCUT2D eigenvalue weighted by atomic mass is 16.5. The first-order valence-corrected chi connectivity index (χ1v) is 7.60. The summed E-state index contributed by atoms with van der Waals surface area (Å²) in [5.74, 6) is 1.60. The SMILES string of the molecule is COc1ccccc1OCCN1CC(C)(C)NCC1(C)C. The molecular formula is C17H28N2O2. The van der Waals surface area contributed by atoms with Gasteiger partial charge in [-0.15, -0.1) is 0 Å². The highest BCUT2D eigenvalue weighted by molar-refractivity contribution is 5.39. The summed E-state index contributed by atoms with van der Waals surface area (Å²) in [4.78, 5) is 2.50. The van der Waals surface area contributed by atoms with Crippen LogP contribution in [-0.4, -0.2) is 49.3 Å². The number of para-hydroxylation sites is 2. The Balaban J connectivity index is 1.92. The minimum Gasteiger partial charge on any atom is -0.493 e. The summed E-state index contributed by atoms with van der Waals surface area (Å²) >= 11 is 0. The molecule has 1 aromatic rings. The van der Waals surface area contributed by atoms with Crippen LogP contribution in [0.2, 0.25) is 0 Å². The van der Waals surface area contributed by atoms with Crippen molar-refractivity contribution in [3.63, 3.8) is 0 Å². The molecule has 0 unspecified atom stereocenters. The van der Waals surface area contributed by atoms with Crippen LogP contribution in [0.15, 0.2) is 24.3 Å². The van der Waals surface area contributed by atoms with Crippen LogP contribution < -0.4 is 14.8 Å². The number of hydrogen-bond acceptors (Lipinski definition) is 4. The minimum atomic E-state index is 0.152. The Morgan fingerprint density at radius 2 is 1.81 bits per heavy atom. The van der Waals surface area contributed by atoms with Crippen LogP contribution in [-0.2, 0) is 0 Å². The van der Waals surface area contributed by atoms with Gasteiger partial charge in [-0.3, -0.25) is 4.90 Å². The average Bonchev–Trinajstić information content (AvgIpc) is 2.43. The molecular weight excluding hydrogens is 264 g/mol. The summed E-state index contributed by atoms with van der Waals surface area (Å²) in [6.45, 7) is 12.6. The van der Waals surface area contributed by atoms with Crippen molar-refractivity contribution in [2.45, 2.75) is 38.8 Å². The second-order valence-electron chi connectivity index (χ2n) is 6.97. The lowest BCUT2D eigenvalue weighted by Crippen LogP contribution is -2.66. The first kappa shape index (κ1) is 16.1. The van der Waals surface area contributed by atoms with E-state index >= 15 is 0 Å². The van der Waals surface area contributed by atoms with Crippen molar-refractivity contribution >= 4 is 0 Å². The van der Waals surface area contributed by atoms with E-state index in [1.54, 1.807) is 7.11 Å². The fraction of sp³-hybridized carbons (Fsp3) is 0.647. The number of nitrogens with zero attached hydrogens (tertiary/aromatic N) is 1. The van der Waals surface area contributed by atoms with Crippen LogP contribution in [0.25, 0.3) is 0 Å². The third-order valence-electron chi connectivity index (χ3n) is 4.13. The molecule has 21 heavy (non-hydrogen) atoms. The Bertz CT molecular complexity index is 472. The van der Waals surface area contributed by atoms with Crippen molar-refractivity contribution < 1.29 is 9.47 Å². The minimum absolute atomic E-state index is 0.152. The van der Waals surface area contributed by atoms with Crippen LogP contribution in [0.3, 0.4) is 0 Å². The Labute approximate surface area is 128 Å². The highest BCUT2D eigenvalue weighted by Gasteiger charge is 2.37. The quantitative estimate of drug-likeness (QED) is 0.904. The molecule has 0 atom stereocenters. The van der Waals surface area contributed by atoms with Crippen molar-refractivity contribution in [3.05, 3.63) is 24.3 Å². The van der Waals surface area contributed by atoms with Crippen LogP contribution in [0.4, 0.5) is 0 Å². The molecule has 0 aromatic heterocycles. The lowest BCUT2D eigenvalue weighted by molar-refractivity contribution is 0.0288. The van der Waals surface area contributed by atoms with Crippen LogP contribution in [0, 0.1) is 0 Å². The summed E-state index contributed by atoms with van der Waals surface area (Å²) in [7, 11) is 1.67. The van der Waals surface area contributed by atoms with Gasteiger partial charge in [0.2, 0.25) is 0 Å². The van der Waals surface area contributed by atoms with E-state index in [0.717, 1.165) is 31.1 Å². The van der Waals surface area contributed by atoms with E-state index < -0.39 is 0 Å². The summed E-state index contributed by atoms with van der Waals surface area (Å²) in [5, 5.41) is 3.60. The smallest absolute Gasteiger partial charge is 0.161 e. The van der Waals surface area contributed by atoms with Gasteiger partial charge in [0.25, 0.3) is 0 Å². The monoisotopic (exact) mass is 292 g/mol. The number of piperazine rings is 1. The van der Waals surface area contributed by atoms with Crippen molar-refractivity contribution in [3.8, 4) is 11.5 Å². The number of benzene rings is 1. The molecule has 4 heteroatoms. The average molecular weight is 292 g/mol. The van der Waals surface area contributed by atoms with E-state index in [2.05, 4.69) is 37.9 Å². The molecule has 0 saturated carbocycles. The molecule has 0 radical (unpaired) electrons. The lowest BCUT2D eigenvalue weighted by atomic mass is 9.91. The van der Waals surface area contributed by atoms with E-state index in [9.17, 15) is 0 Å². The maximum atomic E-state index is 5.91. The molecule has 4 nitrogen and oxygen atoms in total. The largest absolute Gasteiger partial charge is 0.493 e. The first-order chi connectivity index (χ1) is 9.84. The molecule has 1 heterocycles. The Morgan fingerprint density at radius 1 is 1.14 bits per heavy atom. The zero-order chi connectivity index (χ0) is 15.5. The van der Waals surface area contributed by atoms with Gasteiger partial charge in [0, 0.05) is 30.7 Å². The maximum absolute atomic E-state index is 5.91. The van der Waals surface area contributed by atoms with E-state index in [-0.39, 0.29) is 11.1 Å². The fourth-order valence-electron chi connectivity index (χ4n) is 2.70. The Morgan fingerprint density at radius 3 is 2.48 bits per heavy atom. The Kier molecular flexibility index (Phi) is 4.79. The molecule has 0 aliphatic carbocycles. The lowest BCUT2D eigenvalue weighted by Gasteiger charge is -2.49. The third kappa shape index (κ3) is 4.11. The van der Waals surface area contributed by atoms with Crippen molar-refractivity contribution in [2.24, 2.45) is 0 Å². The van der Waals surface area contributed by atoms with Gasteiger partial charge in [0.1, 0.15) is 6.61 Å². The molecule has 0 spiro atoms. The predicted octanol–water partition coefficient (Wildman–Crippen LogP) is 2.54. The normalized spacial score (nSPS) is 21.0. The van der Waals surface area contributed by atoms with Gasteiger partial charge in [-0.2, -0.15) is 0 Å². The zero-order valence-corrected chi connectivity index (χ0v) is 13.9. The molecule has 0 bridgehead atoms. The molecule has 1 aliphatic rings. The van der Waals surface area contributed by atoms with E-state index in [1.807, 2.05) is 24.3 Å². The van der Waals surface area contributed by atoms with Crippen molar-refractivity contribution in [1.29, 1.82) is 0 Å². The molecule has 1 fully saturated rings. The number of methoxy groups -OCH3 is 1. The second kappa shape index (κ2) is 6.24. The number of nitrogens with one attached hydrogen (secondary N) is 1. The number of rotatable bonds is 5. The molecule has 1 aliphatic heterocycles. The van der Waals surface area contributed by atoms with Gasteiger partial charge >= 0.3 is 0 Å². The fourth-order valence-corrected chi connectivity index (χ4v) is 2.70. The molecule has 2 rings (SSSR count). The summed E-state index contributed by atoms with van der Waals surface area (Å²) in [6.07, 6.45) is 0. The summed E-state index contributed by atoms with van der Waals surface area (Å²) in [6, 6.07) is 7.79.